The summed E-state index contributed by atoms with van der Waals surface area (Å²) < 4.78 is 15.2. The lowest BCUT2D eigenvalue weighted by Crippen LogP contribution is -2.20. The van der Waals surface area contributed by atoms with Gasteiger partial charge < -0.3 is 13.9 Å². The van der Waals surface area contributed by atoms with Crippen LogP contribution in [-0.2, 0) is 15.1 Å². The number of hydrogen-bond acceptors (Lipinski definition) is 6. The highest BCUT2D eigenvalue weighted by molar-refractivity contribution is 5.83. The van der Waals surface area contributed by atoms with Crippen molar-refractivity contribution in [2.45, 2.75) is 25.4 Å². The van der Waals surface area contributed by atoms with Crippen LogP contribution in [0.1, 0.15) is 36.3 Å². The number of carbonyl (C=O) groups is 1. The summed E-state index contributed by atoms with van der Waals surface area (Å²) in [7, 11) is 1.26. The predicted molar refractivity (Wildman–Crippen MR) is 48.2 cm³/mol. The summed E-state index contributed by atoms with van der Waals surface area (Å²) in [6.45, 7) is 2.54. The number of methoxy groups -OCH3 is 1. The molecule has 0 saturated carbocycles. The van der Waals surface area contributed by atoms with Crippen molar-refractivity contribution in [3.63, 3.8) is 0 Å². The maximum Gasteiger partial charge on any atom is 0.396 e. The molecule has 1 aromatic rings. The van der Waals surface area contributed by atoms with Gasteiger partial charge in [0, 0.05) is 6.61 Å². The average Bonchev–Trinajstić information content (AvgIpc) is 2.85. The summed E-state index contributed by atoms with van der Waals surface area (Å²) in [6.07, 6.45) is 1.77. The largest absolute Gasteiger partial charge is 0.462 e. The SMILES string of the molecule is COC(=O)c1nnc(C2(C)CCCO2)o1. The number of aromatic nitrogens is 2. The van der Waals surface area contributed by atoms with Crippen molar-refractivity contribution in [3.05, 3.63) is 11.8 Å². The van der Waals surface area contributed by atoms with Crippen LogP contribution in [0.15, 0.2) is 4.42 Å². The Balaban J connectivity index is 2.23. The lowest BCUT2D eigenvalue weighted by molar-refractivity contribution is -0.00655. The third-order valence-electron chi connectivity index (χ3n) is 2.46. The van der Waals surface area contributed by atoms with Crippen LogP contribution in [0.4, 0.5) is 0 Å². The number of hydrogen-bond donors (Lipinski definition) is 0. The van der Waals surface area contributed by atoms with Crippen molar-refractivity contribution < 1.29 is 18.7 Å². The molecule has 0 radical (unpaired) electrons. The smallest absolute Gasteiger partial charge is 0.396 e. The van der Waals surface area contributed by atoms with Crippen LogP contribution in [-0.4, -0.2) is 29.9 Å². The van der Waals surface area contributed by atoms with E-state index in [1.165, 1.54) is 7.11 Å². The van der Waals surface area contributed by atoms with E-state index < -0.39 is 11.6 Å². The maximum absolute atomic E-state index is 11.1. The van der Waals surface area contributed by atoms with E-state index in [-0.39, 0.29) is 5.89 Å². The monoisotopic (exact) mass is 212 g/mol. The Kier molecular flexibility index (Phi) is 2.44. The maximum atomic E-state index is 11.1. The fourth-order valence-electron chi connectivity index (χ4n) is 1.55. The van der Waals surface area contributed by atoms with Crippen molar-refractivity contribution >= 4 is 5.97 Å². The van der Waals surface area contributed by atoms with Crippen LogP contribution in [0.2, 0.25) is 0 Å². The minimum absolute atomic E-state index is 0.135. The van der Waals surface area contributed by atoms with Crippen LogP contribution in [0.5, 0.6) is 0 Å². The van der Waals surface area contributed by atoms with Crippen molar-refractivity contribution in [2.75, 3.05) is 13.7 Å². The summed E-state index contributed by atoms with van der Waals surface area (Å²) >= 11 is 0. The average molecular weight is 212 g/mol. The Labute approximate surface area is 86.6 Å². The molecule has 6 nitrogen and oxygen atoms in total. The summed E-state index contributed by atoms with van der Waals surface area (Å²) in [5.74, 6) is -0.431. The van der Waals surface area contributed by atoms with Crippen molar-refractivity contribution in [1.29, 1.82) is 0 Å². The van der Waals surface area contributed by atoms with E-state index in [9.17, 15) is 4.79 Å². The minimum Gasteiger partial charge on any atom is -0.462 e. The van der Waals surface area contributed by atoms with Gasteiger partial charge in [-0.25, -0.2) is 4.79 Å². The summed E-state index contributed by atoms with van der Waals surface area (Å²) in [5, 5.41) is 7.40. The van der Waals surface area contributed by atoms with E-state index in [1.807, 2.05) is 6.92 Å². The van der Waals surface area contributed by atoms with Crippen molar-refractivity contribution in [3.8, 4) is 0 Å². The Hall–Kier alpha value is -1.43. The first-order chi connectivity index (χ1) is 7.15. The molecule has 1 unspecified atom stereocenters. The second-order valence-electron chi connectivity index (χ2n) is 3.59. The highest BCUT2D eigenvalue weighted by Crippen LogP contribution is 2.34. The lowest BCUT2D eigenvalue weighted by atomic mass is 10.0. The first-order valence-electron chi connectivity index (χ1n) is 4.72. The third-order valence-corrected chi connectivity index (χ3v) is 2.46. The number of ether oxygens (including phenoxy) is 2. The molecule has 0 amide bonds. The van der Waals surface area contributed by atoms with E-state index in [1.54, 1.807) is 0 Å². The zero-order valence-electron chi connectivity index (χ0n) is 8.65. The fourth-order valence-corrected chi connectivity index (χ4v) is 1.55. The molecule has 1 aliphatic rings. The molecule has 0 bridgehead atoms. The van der Waals surface area contributed by atoms with Gasteiger partial charge in [-0.1, -0.05) is 0 Å². The summed E-state index contributed by atoms with van der Waals surface area (Å²) in [5.41, 5.74) is -0.556. The summed E-state index contributed by atoms with van der Waals surface area (Å²) in [6, 6.07) is 0. The molecule has 15 heavy (non-hydrogen) atoms. The molecule has 1 fully saturated rings. The van der Waals surface area contributed by atoms with Crippen LogP contribution in [0, 0.1) is 0 Å². The normalized spacial score (nSPS) is 25.5. The van der Waals surface area contributed by atoms with Gasteiger partial charge in [-0.3, -0.25) is 0 Å². The molecule has 0 aliphatic carbocycles. The zero-order valence-corrected chi connectivity index (χ0v) is 8.65. The van der Waals surface area contributed by atoms with E-state index >= 15 is 0 Å². The molecule has 0 N–H and O–H groups in total. The molecule has 0 spiro atoms. The van der Waals surface area contributed by atoms with Gasteiger partial charge in [0.2, 0.25) is 5.89 Å². The number of nitrogens with zero attached hydrogens (tertiary/aromatic N) is 2. The first kappa shape index (κ1) is 10.1. The van der Waals surface area contributed by atoms with E-state index in [0.29, 0.717) is 12.5 Å². The Morgan fingerprint density at radius 2 is 2.33 bits per heavy atom. The van der Waals surface area contributed by atoms with E-state index in [4.69, 9.17) is 9.15 Å². The first-order valence-corrected chi connectivity index (χ1v) is 4.72. The fraction of sp³-hybridized carbons (Fsp3) is 0.667. The van der Waals surface area contributed by atoms with Gasteiger partial charge in [-0.15, -0.1) is 10.2 Å². The van der Waals surface area contributed by atoms with Gasteiger partial charge in [-0.05, 0) is 19.8 Å². The number of carbonyl (C=O) groups excluding carboxylic acids is 1. The molecule has 0 aromatic carbocycles. The van der Waals surface area contributed by atoms with Crippen LogP contribution in [0.3, 0.4) is 0 Å². The molecule has 6 heteroatoms. The molecule has 1 saturated heterocycles. The molecule has 1 atom stereocenters. The molecule has 2 heterocycles. The topological polar surface area (TPSA) is 74.5 Å². The van der Waals surface area contributed by atoms with Gasteiger partial charge in [0.1, 0.15) is 5.60 Å². The Morgan fingerprint density at radius 1 is 1.53 bits per heavy atom. The lowest BCUT2D eigenvalue weighted by Gasteiger charge is -2.17. The second kappa shape index (κ2) is 3.62. The van der Waals surface area contributed by atoms with Crippen LogP contribution >= 0.6 is 0 Å². The van der Waals surface area contributed by atoms with Gasteiger partial charge in [0.05, 0.1) is 7.11 Å². The van der Waals surface area contributed by atoms with Gasteiger partial charge >= 0.3 is 11.9 Å². The van der Waals surface area contributed by atoms with Crippen molar-refractivity contribution in [2.24, 2.45) is 0 Å². The van der Waals surface area contributed by atoms with Crippen molar-refractivity contribution in [1.82, 2.24) is 10.2 Å². The zero-order chi connectivity index (χ0) is 10.9. The van der Waals surface area contributed by atoms with Gasteiger partial charge in [0.15, 0.2) is 0 Å². The third kappa shape index (κ3) is 1.72. The minimum atomic E-state index is -0.629. The molecular formula is C9H12N2O4. The highest BCUT2D eigenvalue weighted by atomic mass is 16.5. The Morgan fingerprint density at radius 3 is 2.93 bits per heavy atom. The van der Waals surface area contributed by atoms with Gasteiger partial charge in [-0.2, -0.15) is 0 Å². The quantitative estimate of drug-likeness (QED) is 0.677. The predicted octanol–water partition coefficient (Wildman–Crippen LogP) is 0.882. The van der Waals surface area contributed by atoms with Crippen LogP contribution in [0.25, 0.3) is 0 Å². The number of rotatable bonds is 2. The standard InChI is InChI=1S/C9H12N2O4/c1-9(4-3-5-14-9)8-11-10-6(15-8)7(12)13-2/h3-5H2,1-2H3. The molecule has 1 aliphatic heterocycles. The molecular weight excluding hydrogens is 200 g/mol. The second-order valence-corrected chi connectivity index (χ2v) is 3.59. The molecule has 82 valence electrons. The van der Waals surface area contributed by atoms with E-state index in [0.717, 1.165) is 12.8 Å². The number of esters is 1. The molecule has 1 aromatic heterocycles. The summed E-state index contributed by atoms with van der Waals surface area (Å²) in [4.78, 5) is 11.1. The molecule has 2 rings (SSSR count). The highest BCUT2D eigenvalue weighted by Gasteiger charge is 2.37. The Bertz CT molecular complexity index is 368. The van der Waals surface area contributed by atoms with Crippen LogP contribution < -0.4 is 0 Å². The van der Waals surface area contributed by atoms with Gasteiger partial charge in [0.25, 0.3) is 0 Å². The van der Waals surface area contributed by atoms with E-state index in [2.05, 4.69) is 14.9 Å².